The molecule has 0 aliphatic carbocycles. The van der Waals surface area contributed by atoms with Crippen LogP contribution in [0.3, 0.4) is 0 Å². The molecule has 0 bridgehead atoms. The van der Waals surface area contributed by atoms with E-state index in [1.54, 1.807) is 50.5 Å². The van der Waals surface area contributed by atoms with Gasteiger partial charge in [-0.25, -0.2) is 8.42 Å². The van der Waals surface area contributed by atoms with Crippen molar-refractivity contribution in [3.8, 4) is 5.75 Å². The van der Waals surface area contributed by atoms with Crippen molar-refractivity contribution in [3.05, 3.63) is 65.5 Å². The average molecular weight is 497 g/mol. The quantitative estimate of drug-likeness (QED) is 0.533. The maximum absolute atomic E-state index is 13.2. The van der Waals surface area contributed by atoms with E-state index < -0.39 is 10.0 Å². The molecule has 0 unspecified atom stereocenters. The summed E-state index contributed by atoms with van der Waals surface area (Å²) in [6.45, 7) is 5.15. The highest BCUT2D eigenvalue weighted by atomic mass is 32.2. The van der Waals surface area contributed by atoms with Crippen LogP contribution in [0.2, 0.25) is 0 Å². The van der Waals surface area contributed by atoms with Gasteiger partial charge < -0.3 is 19.5 Å². The van der Waals surface area contributed by atoms with Crippen LogP contribution in [0.5, 0.6) is 5.75 Å². The molecule has 3 aromatic rings. The van der Waals surface area contributed by atoms with Crippen LogP contribution >= 0.6 is 0 Å². The van der Waals surface area contributed by atoms with E-state index >= 15 is 0 Å². The van der Waals surface area contributed by atoms with Crippen molar-refractivity contribution in [2.45, 2.75) is 18.7 Å². The van der Waals surface area contributed by atoms with Gasteiger partial charge in [-0.1, -0.05) is 29.4 Å². The summed E-state index contributed by atoms with van der Waals surface area (Å²) in [4.78, 5) is 13.8. The number of piperazine rings is 1. The maximum Gasteiger partial charge on any atom is 0.243 e. The first-order chi connectivity index (χ1) is 16.8. The van der Waals surface area contributed by atoms with E-state index in [-0.39, 0.29) is 10.8 Å². The molecule has 2 aromatic carbocycles. The lowest BCUT2D eigenvalue weighted by atomic mass is 10.2. The Morgan fingerprint density at radius 2 is 1.80 bits per heavy atom. The fourth-order valence-corrected chi connectivity index (χ4v) is 5.32. The molecule has 1 N–H and O–H groups in total. The number of ether oxygens (including phenoxy) is 1. The summed E-state index contributed by atoms with van der Waals surface area (Å²) >= 11 is 0. The van der Waals surface area contributed by atoms with Crippen molar-refractivity contribution < 1.29 is 22.5 Å². The van der Waals surface area contributed by atoms with Crippen LogP contribution in [-0.4, -0.2) is 57.1 Å². The van der Waals surface area contributed by atoms with Gasteiger partial charge in [0, 0.05) is 44.9 Å². The van der Waals surface area contributed by atoms with Crippen LogP contribution in [0, 0.1) is 6.92 Å². The summed E-state index contributed by atoms with van der Waals surface area (Å²) in [5.74, 6) is 0.976. The van der Waals surface area contributed by atoms with Gasteiger partial charge >= 0.3 is 0 Å². The normalized spacial score (nSPS) is 14.9. The van der Waals surface area contributed by atoms with E-state index in [1.807, 2.05) is 24.3 Å². The van der Waals surface area contributed by atoms with E-state index in [0.29, 0.717) is 43.3 Å². The summed E-state index contributed by atoms with van der Waals surface area (Å²) < 4.78 is 38.4. The number of rotatable bonds is 7. The number of carbonyl (C=O) groups excluding carboxylic acids is 1. The summed E-state index contributed by atoms with van der Waals surface area (Å²) in [7, 11) is -1.97. The summed E-state index contributed by atoms with van der Waals surface area (Å²) in [5.41, 5.74) is 2.89. The van der Waals surface area contributed by atoms with Gasteiger partial charge in [-0.05, 0) is 42.8 Å². The van der Waals surface area contributed by atoms with Crippen LogP contribution in [-0.2, 0) is 14.8 Å². The van der Waals surface area contributed by atoms with Gasteiger partial charge in [0.2, 0.25) is 15.9 Å². The summed E-state index contributed by atoms with van der Waals surface area (Å²) in [6.07, 6.45) is 3.46. The monoisotopic (exact) mass is 496 g/mol. The second kappa shape index (κ2) is 10.3. The van der Waals surface area contributed by atoms with Gasteiger partial charge in [0.15, 0.2) is 5.76 Å². The minimum atomic E-state index is -3.60. The highest BCUT2D eigenvalue weighted by Crippen LogP contribution is 2.25. The first-order valence-electron chi connectivity index (χ1n) is 11.2. The van der Waals surface area contributed by atoms with Crippen molar-refractivity contribution in [1.82, 2.24) is 9.46 Å². The number of nitrogens with one attached hydrogen (secondary N) is 1. The standard InChI is InChI=1S/C25H28N4O5S/c1-18-25(26-19(2)30)24(34-27-18)12-9-20-7-10-23(11-8-20)35(31,32)29-15-13-28(14-16-29)21-5-4-6-22(17-21)33-3/h4-12,17H,13-16H2,1-3H3,(H,26,30)/b12-9-. The second-order valence-corrected chi connectivity index (χ2v) is 10.1. The SMILES string of the molecule is COc1cccc(N2CCN(S(=O)(=O)c3ccc(/C=C\c4onc(C)c4NC(C)=O)cc3)CC2)c1. The summed E-state index contributed by atoms with van der Waals surface area (Å²) in [6, 6.07) is 14.4. The number of aryl methyl sites for hydroxylation is 1. The number of aromatic nitrogens is 1. The minimum Gasteiger partial charge on any atom is -0.497 e. The molecule has 1 aliphatic heterocycles. The Kier molecular flexibility index (Phi) is 7.23. The Morgan fingerprint density at radius 1 is 1.09 bits per heavy atom. The van der Waals surface area contributed by atoms with E-state index in [9.17, 15) is 13.2 Å². The van der Waals surface area contributed by atoms with E-state index in [1.165, 1.54) is 11.2 Å². The fraction of sp³-hybridized carbons (Fsp3) is 0.280. The van der Waals surface area contributed by atoms with Gasteiger partial charge in [0.05, 0.1) is 12.0 Å². The molecule has 0 atom stereocenters. The van der Waals surface area contributed by atoms with Crippen LogP contribution in [0.15, 0.2) is 57.9 Å². The molecule has 1 fully saturated rings. The van der Waals surface area contributed by atoms with Gasteiger partial charge in [-0.2, -0.15) is 4.31 Å². The van der Waals surface area contributed by atoms with Gasteiger partial charge in [0.1, 0.15) is 17.1 Å². The number of methoxy groups -OCH3 is 1. The molecule has 1 amide bonds. The number of sulfonamides is 1. The molecule has 4 rings (SSSR count). The van der Waals surface area contributed by atoms with E-state index in [2.05, 4.69) is 15.4 Å². The fourth-order valence-electron chi connectivity index (χ4n) is 3.89. The third-order valence-electron chi connectivity index (χ3n) is 5.79. The van der Waals surface area contributed by atoms with Gasteiger partial charge in [-0.3, -0.25) is 4.79 Å². The minimum absolute atomic E-state index is 0.218. The highest BCUT2D eigenvalue weighted by molar-refractivity contribution is 7.89. The molecule has 35 heavy (non-hydrogen) atoms. The molecule has 0 radical (unpaired) electrons. The molecular formula is C25H28N4O5S. The summed E-state index contributed by atoms with van der Waals surface area (Å²) in [5, 5.41) is 6.58. The van der Waals surface area contributed by atoms with Crippen LogP contribution in [0.4, 0.5) is 11.4 Å². The number of hydrogen-bond donors (Lipinski definition) is 1. The predicted molar refractivity (Wildman–Crippen MR) is 135 cm³/mol. The number of nitrogens with zero attached hydrogens (tertiary/aromatic N) is 3. The lowest BCUT2D eigenvalue weighted by molar-refractivity contribution is -0.114. The molecule has 0 spiro atoms. The van der Waals surface area contributed by atoms with Crippen LogP contribution in [0.1, 0.15) is 23.9 Å². The Bertz CT molecular complexity index is 1320. The Balaban J connectivity index is 1.42. The zero-order chi connectivity index (χ0) is 25.0. The van der Waals surface area contributed by atoms with Crippen LogP contribution < -0.4 is 15.0 Å². The largest absolute Gasteiger partial charge is 0.497 e. The molecule has 2 heterocycles. The van der Waals surface area contributed by atoms with Crippen molar-refractivity contribution in [2.24, 2.45) is 0 Å². The van der Waals surface area contributed by atoms with Crippen molar-refractivity contribution >= 4 is 39.5 Å². The highest BCUT2D eigenvalue weighted by Gasteiger charge is 2.28. The molecular weight excluding hydrogens is 468 g/mol. The third-order valence-corrected chi connectivity index (χ3v) is 7.71. The first-order valence-corrected chi connectivity index (χ1v) is 12.6. The lowest BCUT2D eigenvalue weighted by Crippen LogP contribution is -2.48. The van der Waals surface area contributed by atoms with Crippen molar-refractivity contribution in [3.63, 3.8) is 0 Å². The van der Waals surface area contributed by atoms with Gasteiger partial charge in [0.25, 0.3) is 0 Å². The molecule has 184 valence electrons. The molecule has 1 saturated heterocycles. The smallest absolute Gasteiger partial charge is 0.243 e. The van der Waals surface area contributed by atoms with Gasteiger partial charge in [-0.15, -0.1) is 0 Å². The van der Waals surface area contributed by atoms with Crippen LogP contribution in [0.25, 0.3) is 12.2 Å². The molecule has 1 aromatic heterocycles. The maximum atomic E-state index is 13.2. The third kappa shape index (κ3) is 5.55. The Hall–Kier alpha value is -3.63. The topological polar surface area (TPSA) is 105 Å². The van der Waals surface area contributed by atoms with E-state index in [4.69, 9.17) is 9.26 Å². The second-order valence-electron chi connectivity index (χ2n) is 8.18. The first kappa shape index (κ1) is 24.5. The number of carbonyl (C=O) groups is 1. The Labute approximate surface area is 205 Å². The number of hydrogen-bond acceptors (Lipinski definition) is 7. The van der Waals surface area contributed by atoms with Crippen molar-refractivity contribution in [2.75, 3.05) is 43.5 Å². The predicted octanol–water partition coefficient (Wildman–Crippen LogP) is 3.63. The molecule has 10 heteroatoms. The zero-order valence-corrected chi connectivity index (χ0v) is 20.7. The zero-order valence-electron chi connectivity index (χ0n) is 19.9. The van der Waals surface area contributed by atoms with E-state index in [0.717, 1.165) is 17.0 Å². The molecule has 9 nitrogen and oxygen atoms in total. The average Bonchev–Trinajstić information content (AvgIpc) is 3.21. The number of amides is 1. The number of benzene rings is 2. The lowest BCUT2D eigenvalue weighted by Gasteiger charge is -2.35. The van der Waals surface area contributed by atoms with Crippen molar-refractivity contribution in [1.29, 1.82) is 0 Å². The molecule has 1 aliphatic rings. The molecule has 0 saturated carbocycles. The Morgan fingerprint density at radius 3 is 2.46 bits per heavy atom. The number of anilines is 2.